The highest BCUT2D eigenvalue weighted by Crippen LogP contribution is 2.23. The van der Waals surface area contributed by atoms with E-state index in [1.807, 2.05) is 0 Å². The summed E-state index contributed by atoms with van der Waals surface area (Å²) < 4.78 is 21.3. The van der Waals surface area contributed by atoms with Crippen molar-refractivity contribution in [3.05, 3.63) is 0 Å². The molecule has 1 aliphatic rings. The Morgan fingerprint density at radius 3 is 2.53 bits per heavy atom. The number of nitrogens with two attached hydrogens (primary N) is 1. The molecule has 0 spiro atoms. The second-order valence-corrected chi connectivity index (χ2v) is 6.48. The second kappa shape index (κ2) is 6.20. The number of aliphatic carboxylic acids is 1. The zero-order valence-corrected chi connectivity index (χ0v) is 11.5. The third-order valence-corrected chi connectivity index (χ3v) is 4.03. The molecule has 1 heterocycles. The van der Waals surface area contributed by atoms with Crippen LogP contribution in [0.4, 0.5) is 4.79 Å². The Kier molecular flexibility index (Phi) is 5.12. The van der Waals surface area contributed by atoms with Crippen molar-refractivity contribution < 1.29 is 23.1 Å². The second-order valence-electron chi connectivity index (χ2n) is 4.74. The number of carboxylic acid groups (broad SMARTS) is 1. The molecule has 1 unspecified atom stereocenters. The molecule has 0 aromatic rings. The number of hydrogen-bond donors (Lipinski definition) is 3. The molecule has 110 valence electrons. The summed E-state index contributed by atoms with van der Waals surface area (Å²) in [6.07, 6.45) is 0.257. The average Bonchev–Trinajstić information content (AvgIpc) is 2.20. The van der Waals surface area contributed by atoms with E-state index >= 15 is 0 Å². The molecule has 1 atom stereocenters. The minimum atomic E-state index is -3.49. The van der Waals surface area contributed by atoms with Crippen LogP contribution >= 0.6 is 0 Å². The number of likely N-dealkylation sites (tertiary alicyclic amines) is 1. The van der Waals surface area contributed by atoms with Gasteiger partial charge in [0, 0.05) is 25.6 Å². The van der Waals surface area contributed by atoms with Crippen LogP contribution in [-0.4, -0.2) is 55.8 Å². The third-order valence-electron chi connectivity index (χ3n) is 3.18. The summed E-state index contributed by atoms with van der Waals surface area (Å²) in [6.45, 7) is 2.67. The number of urea groups is 1. The maximum atomic E-state index is 11.6. The van der Waals surface area contributed by atoms with Gasteiger partial charge in [0.2, 0.25) is 10.0 Å². The number of carbonyl (C=O) groups excluding carboxylic acids is 1. The predicted molar refractivity (Wildman–Crippen MR) is 67.9 cm³/mol. The van der Waals surface area contributed by atoms with E-state index in [9.17, 15) is 18.0 Å². The quantitative estimate of drug-likeness (QED) is 0.542. The molecule has 2 amide bonds. The van der Waals surface area contributed by atoms with Crippen molar-refractivity contribution in [1.29, 1.82) is 0 Å². The molecule has 1 aliphatic heterocycles. The number of hydrogen-bond acceptors (Lipinski definition) is 4. The van der Waals surface area contributed by atoms with Crippen molar-refractivity contribution in [1.82, 2.24) is 10.2 Å². The topological polar surface area (TPSA) is 130 Å². The molecular formula is C10H19N3O5S. The summed E-state index contributed by atoms with van der Waals surface area (Å²) in [5, 5.41) is 16.2. The fraction of sp³-hybridized carbons (Fsp3) is 0.800. The average molecular weight is 293 g/mol. The van der Waals surface area contributed by atoms with Crippen LogP contribution in [0.25, 0.3) is 0 Å². The van der Waals surface area contributed by atoms with Gasteiger partial charge in [-0.3, -0.25) is 4.79 Å². The van der Waals surface area contributed by atoms with E-state index in [2.05, 4.69) is 5.32 Å². The summed E-state index contributed by atoms with van der Waals surface area (Å²) in [4.78, 5) is 23.8. The number of rotatable bonds is 6. The normalized spacial score (nSPS) is 17.7. The Morgan fingerprint density at radius 2 is 2.05 bits per heavy atom. The van der Waals surface area contributed by atoms with E-state index in [-0.39, 0.29) is 30.7 Å². The largest absolute Gasteiger partial charge is 0.481 e. The minimum absolute atomic E-state index is 0.0207. The Morgan fingerprint density at radius 1 is 1.47 bits per heavy atom. The highest BCUT2D eigenvalue weighted by atomic mass is 32.2. The number of carbonyl (C=O) groups is 2. The Labute approximate surface area is 112 Å². The van der Waals surface area contributed by atoms with E-state index in [0.29, 0.717) is 13.1 Å². The summed E-state index contributed by atoms with van der Waals surface area (Å²) in [6, 6.07) is -0.303. The van der Waals surface area contributed by atoms with Crippen molar-refractivity contribution in [3.8, 4) is 0 Å². The number of primary sulfonamides is 1. The van der Waals surface area contributed by atoms with E-state index in [0.717, 1.165) is 0 Å². The molecule has 8 nitrogen and oxygen atoms in total. The maximum Gasteiger partial charge on any atom is 0.317 e. The van der Waals surface area contributed by atoms with Crippen LogP contribution in [0.5, 0.6) is 0 Å². The first kappa shape index (κ1) is 15.7. The molecule has 0 radical (unpaired) electrons. The van der Waals surface area contributed by atoms with Gasteiger partial charge in [-0.05, 0) is 6.42 Å². The van der Waals surface area contributed by atoms with Gasteiger partial charge in [0.05, 0.1) is 11.7 Å². The van der Waals surface area contributed by atoms with Gasteiger partial charge in [-0.1, -0.05) is 6.92 Å². The van der Waals surface area contributed by atoms with Crippen LogP contribution in [0.3, 0.4) is 0 Å². The Balaban J connectivity index is 2.18. The zero-order valence-electron chi connectivity index (χ0n) is 10.7. The smallest absolute Gasteiger partial charge is 0.317 e. The van der Waals surface area contributed by atoms with E-state index in [1.54, 1.807) is 6.92 Å². The predicted octanol–water partition coefficient (Wildman–Crippen LogP) is -0.973. The van der Waals surface area contributed by atoms with E-state index < -0.39 is 21.9 Å². The van der Waals surface area contributed by atoms with E-state index in [1.165, 1.54) is 4.90 Å². The first-order valence-corrected chi connectivity index (χ1v) is 7.68. The maximum absolute atomic E-state index is 11.6. The summed E-state index contributed by atoms with van der Waals surface area (Å²) in [5.74, 6) is -1.52. The lowest BCUT2D eigenvalue weighted by molar-refractivity contribution is -0.144. The Hall–Kier alpha value is -1.35. The molecule has 1 fully saturated rings. The lowest BCUT2D eigenvalue weighted by Gasteiger charge is -2.41. The molecule has 1 saturated heterocycles. The SMILES string of the molecule is CC(C(=O)O)C1CN(C(=O)NCCCS(N)(=O)=O)C1. The van der Waals surface area contributed by atoms with Gasteiger partial charge in [0.1, 0.15) is 0 Å². The molecule has 1 rings (SSSR count). The highest BCUT2D eigenvalue weighted by molar-refractivity contribution is 7.89. The van der Waals surface area contributed by atoms with Crippen molar-refractivity contribution in [2.24, 2.45) is 17.0 Å². The van der Waals surface area contributed by atoms with Gasteiger partial charge < -0.3 is 15.3 Å². The van der Waals surface area contributed by atoms with Gasteiger partial charge in [0.25, 0.3) is 0 Å². The molecule has 9 heteroatoms. The van der Waals surface area contributed by atoms with Crippen molar-refractivity contribution >= 4 is 22.0 Å². The fourth-order valence-corrected chi connectivity index (χ4v) is 2.32. The lowest BCUT2D eigenvalue weighted by atomic mass is 9.87. The van der Waals surface area contributed by atoms with Gasteiger partial charge in [-0.2, -0.15) is 0 Å². The van der Waals surface area contributed by atoms with Crippen LogP contribution in [0, 0.1) is 11.8 Å². The van der Waals surface area contributed by atoms with Gasteiger partial charge in [-0.15, -0.1) is 0 Å². The van der Waals surface area contributed by atoms with Crippen molar-refractivity contribution in [3.63, 3.8) is 0 Å². The monoisotopic (exact) mass is 293 g/mol. The molecular weight excluding hydrogens is 274 g/mol. The molecule has 0 bridgehead atoms. The van der Waals surface area contributed by atoms with Crippen molar-refractivity contribution in [2.45, 2.75) is 13.3 Å². The zero-order chi connectivity index (χ0) is 14.6. The van der Waals surface area contributed by atoms with Crippen LogP contribution in [0.2, 0.25) is 0 Å². The van der Waals surface area contributed by atoms with Crippen LogP contribution in [0.1, 0.15) is 13.3 Å². The molecule has 0 aromatic carbocycles. The standard InChI is InChI=1S/C10H19N3O5S/c1-7(9(14)15)8-5-13(6-8)10(16)12-3-2-4-19(11,17)18/h7-8H,2-6H2,1H3,(H,12,16)(H,14,15)(H2,11,17,18). The first-order valence-electron chi connectivity index (χ1n) is 5.97. The lowest BCUT2D eigenvalue weighted by Crippen LogP contribution is -2.56. The van der Waals surface area contributed by atoms with Gasteiger partial charge >= 0.3 is 12.0 Å². The van der Waals surface area contributed by atoms with Gasteiger partial charge in [-0.25, -0.2) is 18.4 Å². The fourth-order valence-electron chi connectivity index (χ4n) is 1.78. The van der Waals surface area contributed by atoms with Crippen LogP contribution in [-0.2, 0) is 14.8 Å². The highest BCUT2D eigenvalue weighted by Gasteiger charge is 2.36. The van der Waals surface area contributed by atoms with Crippen molar-refractivity contribution in [2.75, 3.05) is 25.4 Å². The summed E-state index contributed by atoms with van der Waals surface area (Å²) >= 11 is 0. The first-order chi connectivity index (χ1) is 8.70. The number of carboxylic acids is 1. The number of amides is 2. The van der Waals surface area contributed by atoms with Crippen LogP contribution in [0.15, 0.2) is 0 Å². The van der Waals surface area contributed by atoms with Gasteiger partial charge in [0.15, 0.2) is 0 Å². The molecule has 0 aliphatic carbocycles. The minimum Gasteiger partial charge on any atom is -0.481 e. The summed E-state index contributed by atoms with van der Waals surface area (Å²) in [5.41, 5.74) is 0. The molecule has 0 saturated carbocycles. The molecule has 4 N–H and O–H groups in total. The third kappa shape index (κ3) is 5.03. The number of nitrogens with one attached hydrogen (secondary N) is 1. The van der Waals surface area contributed by atoms with Crippen LogP contribution < -0.4 is 10.5 Å². The summed E-state index contributed by atoms with van der Waals surface area (Å²) in [7, 11) is -3.49. The van der Waals surface area contributed by atoms with E-state index in [4.69, 9.17) is 10.2 Å². The number of nitrogens with zero attached hydrogens (tertiary/aromatic N) is 1. The Bertz CT molecular complexity index is 444. The molecule has 19 heavy (non-hydrogen) atoms. The number of sulfonamides is 1. The molecule has 0 aromatic heterocycles.